The van der Waals surface area contributed by atoms with Crippen LogP contribution in [0.2, 0.25) is 0 Å². The van der Waals surface area contributed by atoms with Gasteiger partial charge in [0.15, 0.2) is 0 Å². The standard InChI is InChI=1S/C20H28BrN3O2/c1-6-20(2,3)12-16-13-22-18(23(16)4)17(24(5)19(25)26)11-14-7-9-15(21)10-8-14/h7-10,13,17H,6,11-12H2,1-5H3,(H,25,26). The Morgan fingerprint density at radius 3 is 2.50 bits per heavy atom. The predicted molar refractivity (Wildman–Crippen MR) is 107 cm³/mol. The molecule has 142 valence electrons. The Kier molecular flexibility index (Phi) is 6.50. The van der Waals surface area contributed by atoms with E-state index >= 15 is 0 Å². The normalized spacial score (nSPS) is 12.8. The van der Waals surface area contributed by atoms with Gasteiger partial charge in [0.2, 0.25) is 0 Å². The average Bonchev–Trinajstić information content (AvgIpc) is 2.94. The summed E-state index contributed by atoms with van der Waals surface area (Å²) in [6.45, 7) is 6.66. The van der Waals surface area contributed by atoms with Gasteiger partial charge in [-0.1, -0.05) is 55.3 Å². The van der Waals surface area contributed by atoms with Crippen molar-refractivity contribution in [3.05, 3.63) is 52.0 Å². The molecule has 1 aromatic heterocycles. The summed E-state index contributed by atoms with van der Waals surface area (Å²) in [7, 11) is 3.59. The summed E-state index contributed by atoms with van der Waals surface area (Å²) in [5.74, 6) is 0.778. The molecular weight excluding hydrogens is 394 g/mol. The minimum atomic E-state index is -0.953. The second-order valence-electron chi connectivity index (χ2n) is 7.60. The van der Waals surface area contributed by atoms with Crippen LogP contribution in [0.5, 0.6) is 0 Å². The maximum Gasteiger partial charge on any atom is 0.407 e. The lowest BCUT2D eigenvalue weighted by molar-refractivity contribution is 0.135. The van der Waals surface area contributed by atoms with Crippen LogP contribution in [-0.2, 0) is 19.9 Å². The van der Waals surface area contributed by atoms with Crippen LogP contribution in [-0.4, -0.2) is 32.7 Å². The summed E-state index contributed by atoms with van der Waals surface area (Å²) in [6, 6.07) is 7.63. The number of likely N-dealkylation sites (N-methyl/N-ethyl adjacent to an activating group) is 1. The van der Waals surface area contributed by atoms with Crippen LogP contribution in [0, 0.1) is 5.41 Å². The highest BCUT2D eigenvalue weighted by Gasteiger charge is 2.27. The Balaban J connectivity index is 2.35. The first-order valence-corrected chi connectivity index (χ1v) is 9.64. The van der Waals surface area contributed by atoms with Crippen LogP contribution < -0.4 is 0 Å². The highest BCUT2D eigenvalue weighted by Crippen LogP contribution is 2.29. The van der Waals surface area contributed by atoms with Crippen LogP contribution in [0.1, 0.15) is 50.3 Å². The van der Waals surface area contributed by atoms with E-state index in [9.17, 15) is 9.90 Å². The molecule has 0 aliphatic rings. The van der Waals surface area contributed by atoms with E-state index in [0.717, 1.165) is 34.4 Å². The van der Waals surface area contributed by atoms with E-state index in [4.69, 9.17) is 0 Å². The molecule has 0 aliphatic heterocycles. The summed E-state index contributed by atoms with van der Waals surface area (Å²) < 4.78 is 3.06. The number of aromatic nitrogens is 2. The minimum absolute atomic E-state index is 0.185. The summed E-state index contributed by atoms with van der Waals surface area (Å²) in [5.41, 5.74) is 2.39. The molecule has 1 atom stereocenters. The van der Waals surface area contributed by atoms with Crippen molar-refractivity contribution in [2.45, 2.75) is 46.1 Å². The van der Waals surface area contributed by atoms with Crippen molar-refractivity contribution in [1.82, 2.24) is 14.5 Å². The minimum Gasteiger partial charge on any atom is -0.465 e. The first-order valence-electron chi connectivity index (χ1n) is 8.85. The number of halogens is 1. The Morgan fingerprint density at radius 2 is 1.96 bits per heavy atom. The Labute approximate surface area is 164 Å². The second kappa shape index (κ2) is 8.25. The number of hydrogen-bond acceptors (Lipinski definition) is 2. The molecule has 0 saturated heterocycles. The number of imidazole rings is 1. The highest BCUT2D eigenvalue weighted by molar-refractivity contribution is 9.10. The fourth-order valence-corrected chi connectivity index (χ4v) is 3.19. The Hall–Kier alpha value is -1.82. The fourth-order valence-electron chi connectivity index (χ4n) is 2.93. The zero-order chi connectivity index (χ0) is 19.5. The van der Waals surface area contributed by atoms with Gasteiger partial charge < -0.3 is 14.6 Å². The maximum absolute atomic E-state index is 11.6. The molecule has 0 radical (unpaired) electrons. The number of hydrogen-bond donors (Lipinski definition) is 1. The van der Waals surface area contributed by atoms with Crippen molar-refractivity contribution >= 4 is 22.0 Å². The van der Waals surface area contributed by atoms with E-state index in [0.29, 0.717) is 6.42 Å². The quantitative estimate of drug-likeness (QED) is 0.679. The van der Waals surface area contributed by atoms with Crippen LogP contribution in [0.15, 0.2) is 34.9 Å². The molecular formula is C20H28BrN3O2. The molecule has 6 heteroatoms. The zero-order valence-electron chi connectivity index (χ0n) is 16.2. The van der Waals surface area contributed by atoms with Crippen LogP contribution in [0.25, 0.3) is 0 Å². The number of carbonyl (C=O) groups is 1. The van der Waals surface area contributed by atoms with Gasteiger partial charge in [0.05, 0.1) is 6.04 Å². The van der Waals surface area contributed by atoms with Crippen LogP contribution in [0.3, 0.4) is 0 Å². The lowest BCUT2D eigenvalue weighted by atomic mass is 9.85. The first-order chi connectivity index (χ1) is 12.1. The van der Waals surface area contributed by atoms with E-state index < -0.39 is 6.09 Å². The van der Waals surface area contributed by atoms with Crippen molar-refractivity contribution in [3.63, 3.8) is 0 Å². The van der Waals surface area contributed by atoms with Gasteiger partial charge in [0, 0.05) is 36.9 Å². The molecule has 2 rings (SSSR count). The van der Waals surface area contributed by atoms with Gasteiger partial charge in [0.25, 0.3) is 0 Å². The maximum atomic E-state index is 11.6. The smallest absolute Gasteiger partial charge is 0.407 e. The van der Waals surface area contributed by atoms with E-state index in [1.807, 2.05) is 37.5 Å². The second-order valence-corrected chi connectivity index (χ2v) is 8.52. The lowest BCUT2D eigenvalue weighted by Gasteiger charge is -2.27. The third kappa shape index (κ3) is 4.87. The molecule has 0 spiro atoms. The monoisotopic (exact) mass is 421 g/mol. The van der Waals surface area contributed by atoms with Gasteiger partial charge in [0.1, 0.15) is 5.82 Å². The molecule has 0 saturated carbocycles. The number of nitrogens with zero attached hydrogens (tertiary/aromatic N) is 3. The van der Waals surface area contributed by atoms with Crippen molar-refractivity contribution in [2.24, 2.45) is 12.5 Å². The SMILES string of the molecule is CCC(C)(C)Cc1cnc(C(Cc2ccc(Br)cc2)N(C)C(=O)O)n1C. The zero-order valence-corrected chi connectivity index (χ0v) is 17.7. The average molecular weight is 422 g/mol. The van der Waals surface area contributed by atoms with Gasteiger partial charge in [-0.15, -0.1) is 0 Å². The summed E-state index contributed by atoms with van der Waals surface area (Å²) in [6.07, 6.45) is 3.50. The summed E-state index contributed by atoms with van der Waals surface area (Å²) in [4.78, 5) is 17.6. The van der Waals surface area contributed by atoms with Gasteiger partial charge in [-0.3, -0.25) is 0 Å². The van der Waals surface area contributed by atoms with Gasteiger partial charge in [-0.25, -0.2) is 9.78 Å². The van der Waals surface area contributed by atoms with E-state index in [1.54, 1.807) is 7.05 Å². The molecule has 1 amide bonds. The third-order valence-electron chi connectivity index (χ3n) is 5.15. The predicted octanol–water partition coefficient (Wildman–Crippen LogP) is 5.05. The van der Waals surface area contributed by atoms with E-state index in [2.05, 4.69) is 46.3 Å². The Morgan fingerprint density at radius 1 is 1.35 bits per heavy atom. The van der Waals surface area contributed by atoms with Crippen molar-refractivity contribution in [3.8, 4) is 0 Å². The van der Waals surface area contributed by atoms with Crippen molar-refractivity contribution < 1.29 is 9.90 Å². The molecule has 26 heavy (non-hydrogen) atoms. The molecule has 1 aromatic carbocycles. The molecule has 2 aromatic rings. The molecule has 1 N–H and O–H groups in total. The molecule has 0 aliphatic carbocycles. The van der Waals surface area contributed by atoms with Crippen molar-refractivity contribution in [1.29, 1.82) is 0 Å². The van der Waals surface area contributed by atoms with Gasteiger partial charge in [-0.2, -0.15) is 0 Å². The molecule has 0 fully saturated rings. The van der Waals surface area contributed by atoms with E-state index in [-0.39, 0.29) is 11.5 Å². The number of carboxylic acid groups (broad SMARTS) is 1. The Bertz CT molecular complexity index is 753. The number of benzene rings is 1. The molecule has 1 unspecified atom stereocenters. The lowest BCUT2D eigenvalue weighted by Crippen LogP contribution is -2.33. The first kappa shape index (κ1) is 20.5. The van der Waals surface area contributed by atoms with Gasteiger partial charge >= 0.3 is 6.09 Å². The van der Waals surface area contributed by atoms with Crippen molar-refractivity contribution in [2.75, 3.05) is 7.05 Å². The number of amides is 1. The highest BCUT2D eigenvalue weighted by atomic mass is 79.9. The largest absolute Gasteiger partial charge is 0.465 e. The fraction of sp³-hybridized carbons (Fsp3) is 0.500. The summed E-state index contributed by atoms with van der Waals surface area (Å²) >= 11 is 3.44. The van der Waals surface area contributed by atoms with Crippen LogP contribution in [0.4, 0.5) is 4.79 Å². The topological polar surface area (TPSA) is 58.4 Å². The van der Waals surface area contributed by atoms with E-state index in [1.165, 1.54) is 4.90 Å². The molecule has 5 nitrogen and oxygen atoms in total. The van der Waals surface area contributed by atoms with Gasteiger partial charge in [-0.05, 0) is 29.5 Å². The molecule has 0 bridgehead atoms. The summed E-state index contributed by atoms with van der Waals surface area (Å²) in [5, 5.41) is 9.54. The number of rotatable bonds is 7. The molecule has 1 heterocycles. The third-order valence-corrected chi connectivity index (χ3v) is 5.68. The van der Waals surface area contributed by atoms with Crippen LogP contribution >= 0.6 is 15.9 Å².